The number of anilines is 1. The Hall–Kier alpha value is -1.14. The van der Waals surface area contributed by atoms with Gasteiger partial charge in [-0.3, -0.25) is 0 Å². The Balaban J connectivity index is 2.04. The van der Waals surface area contributed by atoms with E-state index in [9.17, 15) is 8.42 Å². The summed E-state index contributed by atoms with van der Waals surface area (Å²) in [5, 5.41) is 3.75. The van der Waals surface area contributed by atoms with E-state index in [-0.39, 0.29) is 17.5 Å². The molecule has 0 bridgehead atoms. The standard InChI is InChI=1S/C13H18N2O2S2/c1-2-15(12-8-9-19(16,17)10-12)13(18)14-11-6-4-3-5-7-11/h3-7,12H,2,8-10H2,1H3,(H,14,18). The van der Waals surface area contributed by atoms with Crippen LogP contribution < -0.4 is 5.32 Å². The van der Waals surface area contributed by atoms with Gasteiger partial charge in [-0.2, -0.15) is 0 Å². The van der Waals surface area contributed by atoms with Gasteiger partial charge >= 0.3 is 0 Å². The topological polar surface area (TPSA) is 49.4 Å². The number of para-hydroxylation sites is 1. The third-order valence-electron chi connectivity index (χ3n) is 3.28. The highest BCUT2D eigenvalue weighted by Gasteiger charge is 2.32. The zero-order chi connectivity index (χ0) is 13.9. The highest BCUT2D eigenvalue weighted by molar-refractivity contribution is 7.91. The molecule has 19 heavy (non-hydrogen) atoms. The summed E-state index contributed by atoms with van der Waals surface area (Å²) in [6.45, 7) is 2.70. The van der Waals surface area contributed by atoms with E-state index in [0.717, 1.165) is 5.69 Å². The Labute approximate surface area is 119 Å². The Bertz CT molecular complexity index is 543. The molecule has 2 rings (SSSR count). The summed E-state index contributed by atoms with van der Waals surface area (Å²) in [6.07, 6.45) is 0.660. The lowest BCUT2D eigenvalue weighted by atomic mass is 10.2. The molecule has 0 amide bonds. The normalized spacial score (nSPS) is 21.0. The predicted molar refractivity (Wildman–Crippen MR) is 82.1 cm³/mol. The molecule has 1 atom stereocenters. The van der Waals surface area contributed by atoms with Crippen molar-refractivity contribution in [1.29, 1.82) is 0 Å². The van der Waals surface area contributed by atoms with Crippen LogP contribution >= 0.6 is 12.2 Å². The number of thiocarbonyl (C=S) groups is 1. The van der Waals surface area contributed by atoms with Crippen LogP contribution in [-0.4, -0.2) is 42.5 Å². The lowest BCUT2D eigenvalue weighted by molar-refractivity contribution is 0.355. The zero-order valence-electron chi connectivity index (χ0n) is 10.9. The van der Waals surface area contributed by atoms with Gasteiger partial charge in [-0.05, 0) is 37.7 Å². The maximum absolute atomic E-state index is 11.6. The molecule has 1 heterocycles. The molecule has 1 aliphatic heterocycles. The number of sulfone groups is 1. The first-order valence-corrected chi connectivity index (χ1v) is 8.58. The van der Waals surface area contributed by atoms with E-state index < -0.39 is 9.84 Å². The molecule has 0 saturated carbocycles. The summed E-state index contributed by atoms with van der Waals surface area (Å²) >= 11 is 5.39. The minimum Gasteiger partial charge on any atom is -0.345 e. The van der Waals surface area contributed by atoms with Gasteiger partial charge in [-0.15, -0.1) is 0 Å². The summed E-state index contributed by atoms with van der Waals surface area (Å²) in [5.74, 6) is 0.472. The van der Waals surface area contributed by atoms with Crippen molar-refractivity contribution in [3.05, 3.63) is 30.3 Å². The second-order valence-electron chi connectivity index (χ2n) is 4.64. The van der Waals surface area contributed by atoms with Crippen LogP contribution in [0.5, 0.6) is 0 Å². The van der Waals surface area contributed by atoms with Crippen molar-refractivity contribution in [2.75, 3.05) is 23.4 Å². The van der Waals surface area contributed by atoms with Gasteiger partial charge in [-0.25, -0.2) is 8.42 Å². The molecule has 6 heteroatoms. The molecule has 104 valence electrons. The maximum atomic E-state index is 11.6. The Morgan fingerprint density at radius 3 is 2.63 bits per heavy atom. The molecule has 1 aromatic carbocycles. The maximum Gasteiger partial charge on any atom is 0.173 e. The van der Waals surface area contributed by atoms with Crippen LogP contribution in [0.1, 0.15) is 13.3 Å². The number of hydrogen-bond acceptors (Lipinski definition) is 3. The largest absolute Gasteiger partial charge is 0.345 e. The molecule has 0 aromatic heterocycles. The average molecular weight is 298 g/mol. The second-order valence-corrected chi connectivity index (χ2v) is 7.25. The number of nitrogens with zero attached hydrogens (tertiary/aromatic N) is 1. The van der Waals surface area contributed by atoms with Gasteiger partial charge < -0.3 is 10.2 Å². The van der Waals surface area contributed by atoms with Crippen molar-refractivity contribution in [2.24, 2.45) is 0 Å². The quantitative estimate of drug-likeness (QED) is 0.864. The van der Waals surface area contributed by atoms with Gasteiger partial charge in [0.2, 0.25) is 0 Å². The Morgan fingerprint density at radius 1 is 1.42 bits per heavy atom. The third-order valence-corrected chi connectivity index (χ3v) is 5.36. The van der Waals surface area contributed by atoms with Crippen LogP contribution in [0.15, 0.2) is 30.3 Å². The fraction of sp³-hybridized carbons (Fsp3) is 0.462. The van der Waals surface area contributed by atoms with Crippen molar-refractivity contribution < 1.29 is 8.42 Å². The molecule has 0 radical (unpaired) electrons. The summed E-state index contributed by atoms with van der Waals surface area (Å²) in [6, 6.07) is 9.67. The number of benzene rings is 1. The highest BCUT2D eigenvalue weighted by atomic mass is 32.2. The van der Waals surface area contributed by atoms with E-state index in [4.69, 9.17) is 12.2 Å². The van der Waals surface area contributed by atoms with Crippen LogP contribution in [0.2, 0.25) is 0 Å². The first-order valence-electron chi connectivity index (χ1n) is 6.35. The summed E-state index contributed by atoms with van der Waals surface area (Å²) in [4.78, 5) is 1.97. The van der Waals surface area contributed by atoms with Gasteiger partial charge in [0.05, 0.1) is 11.5 Å². The van der Waals surface area contributed by atoms with Gasteiger partial charge in [0.25, 0.3) is 0 Å². The molecular formula is C13H18N2O2S2. The Morgan fingerprint density at radius 2 is 2.11 bits per heavy atom. The van der Waals surface area contributed by atoms with Crippen LogP contribution in [0, 0.1) is 0 Å². The van der Waals surface area contributed by atoms with Gasteiger partial charge in [0.1, 0.15) is 0 Å². The third kappa shape index (κ3) is 3.67. The van der Waals surface area contributed by atoms with Crippen LogP contribution in [0.3, 0.4) is 0 Å². The zero-order valence-corrected chi connectivity index (χ0v) is 12.5. The van der Waals surface area contributed by atoms with E-state index in [0.29, 0.717) is 18.1 Å². The number of nitrogens with one attached hydrogen (secondary N) is 1. The van der Waals surface area contributed by atoms with Gasteiger partial charge in [0.15, 0.2) is 14.9 Å². The van der Waals surface area contributed by atoms with Crippen LogP contribution in [0.25, 0.3) is 0 Å². The molecule has 1 saturated heterocycles. The lowest BCUT2D eigenvalue weighted by Crippen LogP contribution is -2.43. The minimum atomic E-state index is -2.89. The summed E-state index contributed by atoms with van der Waals surface area (Å²) in [7, 11) is -2.89. The van der Waals surface area contributed by atoms with E-state index in [1.165, 1.54) is 0 Å². The molecule has 1 unspecified atom stereocenters. The van der Waals surface area contributed by atoms with E-state index in [1.54, 1.807) is 0 Å². The van der Waals surface area contributed by atoms with Gasteiger partial charge in [-0.1, -0.05) is 18.2 Å². The SMILES string of the molecule is CCN(C(=S)Nc1ccccc1)C1CCS(=O)(=O)C1. The smallest absolute Gasteiger partial charge is 0.173 e. The van der Waals surface area contributed by atoms with Crippen molar-refractivity contribution >= 4 is 32.9 Å². The number of rotatable bonds is 3. The number of hydrogen-bond donors (Lipinski definition) is 1. The molecular weight excluding hydrogens is 280 g/mol. The van der Waals surface area contributed by atoms with E-state index in [1.807, 2.05) is 42.2 Å². The van der Waals surface area contributed by atoms with Crippen molar-refractivity contribution in [2.45, 2.75) is 19.4 Å². The molecule has 0 aliphatic carbocycles. The van der Waals surface area contributed by atoms with Gasteiger partial charge in [0, 0.05) is 18.3 Å². The van der Waals surface area contributed by atoms with Crippen molar-refractivity contribution in [1.82, 2.24) is 4.90 Å². The summed E-state index contributed by atoms with van der Waals surface area (Å²) < 4.78 is 23.1. The first-order chi connectivity index (χ1) is 9.02. The van der Waals surface area contributed by atoms with Crippen LogP contribution in [0.4, 0.5) is 5.69 Å². The molecule has 1 N–H and O–H groups in total. The highest BCUT2D eigenvalue weighted by Crippen LogP contribution is 2.19. The molecule has 1 aliphatic rings. The second kappa shape index (κ2) is 5.88. The van der Waals surface area contributed by atoms with Crippen LogP contribution in [-0.2, 0) is 9.84 Å². The molecule has 0 spiro atoms. The molecule has 1 aromatic rings. The average Bonchev–Trinajstić information content (AvgIpc) is 2.72. The van der Waals surface area contributed by atoms with Crippen molar-refractivity contribution in [3.8, 4) is 0 Å². The summed E-state index contributed by atoms with van der Waals surface area (Å²) in [5.41, 5.74) is 0.923. The fourth-order valence-corrected chi connectivity index (χ4v) is 4.43. The first kappa shape index (κ1) is 14.3. The minimum absolute atomic E-state index is 0.00119. The van der Waals surface area contributed by atoms with Crippen molar-refractivity contribution in [3.63, 3.8) is 0 Å². The monoisotopic (exact) mass is 298 g/mol. The Kier molecular flexibility index (Phi) is 4.42. The molecule has 1 fully saturated rings. The lowest BCUT2D eigenvalue weighted by Gasteiger charge is -2.29. The van der Waals surface area contributed by atoms with E-state index in [2.05, 4.69) is 5.32 Å². The fourth-order valence-electron chi connectivity index (χ4n) is 2.31. The predicted octanol–water partition coefficient (Wildman–Crippen LogP) is 1.89. The van der Waals surface area contributed by atoms with E-state index >= 15 is 0 Å². The molecule has 4 nitrogen and oxygen atoms in total.